The maximum absolute atomic E-state index is 9.30. The molecule has 0 aliphatic carbocycles. The second-order valence-corrected chi connectivity index (χ2v) is 4.62. The van der Waals surface area contributed by atoms with Crippen LogP contribution >= 0.6 is 0 Å². The van der Waals surface area contributed by atoms with Crippen molar-refractivity contribution in [2.24, 2.45) is 0 Å². The molecule has 3 aromatic rings. The third-order valence-electron chi connectivity index (χ3n) is 3.08. The number of nitriles is 1. The molecule has 0 unspecified atom stereocenters. The third kappa shape index (κ3) is 2.37. The van der Waals surface area contributed by atoms with Crippen LogP contribution in [0.2, 0.25) is 0 Å². The number of aromatic nitrogens is 5. The van der Waals surface area contributed by atoms with E-state index in [0.29, 0.717) is 22.8 Å². The van der Waals surface area contributed by atoms with E-state index in [9.17, 15) is 5.26 Å². The smallest absolute Gasteiger partial charge is 0.205 e. The molecule has 0 saturated carbocycles. The molecule has 0 amide bonds. The van der Waals surface area contributed by atoms with E-state index in [2.05, 4.69) is 26.5 Å². The van der Waals surface area contributed by atoms with Crippen LogP contribution in [0.5, 0.6) is 0 Å². The zero-order chi connectivity index (χ0) is 14.8. The van der Waals surface area contributed by atoms with Gasteiger partial charge in [0.1, 0.15) is 17.3 Å². The first kappa shape index (κ1) is 12.9. The standard InChI is InChI=1S/C15H12N6/c1-10-8-14(13(9-16)11(2)17-10)21-19-15(18-20-21)12-6-4-3-5-7-12/h3-8H,1-2H3. The van der Waals surface area contributed by atoms with Crippen molar-refractivity contribution >= 4 is 0 Å². The fraction of sp³-hybridized carbons (Fsp3) is 0.133. The SMILES string of the molecule is Cc1cc(-n2nnc(-c3ccccc3)n2)c(C#N)c(C)n1. The number of aryl methyl sites for hydroxylation is 2. The molecular formula is C15H12N6. The maximum Gasteiger partial charge on any atom is 0.205 e. The molecule has 21 heavy (non-hydrogen) atoms. The maximum atomic E-state index is 9.30. The van der Waals surface area contributed by atoms with Gasteiger partial charge in [-0.15, -0.1) is 15.0 Å². The first-order valence-corrected chi connectivity index (χ1v) is 6.43. The average molecular weight is 276 g/mol. The second-order valence-electron chi connectivity index (χ2n) is 4.62. The molecule has 0 radical (unpaired) electrons. The zero-order valence-electron chi connectivity index (χ0n) is 11.6. The summed E-state index contributed by atoms with van der Waals surface area (Å²) in [5, 5.41) is 21.8. The molecule has 3 rings (SSSR count). The van der Waals surface area contributed by atoms with E-state index < -0.39 is 0 Å². The quantitative estimate of drug-likeness (QED) is 0.717. The lowest BCUT2D eigenvalue weighted by Crippen LogP contribution is -2.06. The van der Waals surface area contributed by atoms with Crippen molar-refractivity contribution in [2.75, 3.05) is 0 Å². The molecule has 0 N–H and O–H groups in total. The van der Waals surface area contributed by atoms with Crippen LogP contribution < -0.4 is 0 Å². The lowest BCUT2D eigenvalue weighted by atomic mass is 10.1. The van der Waals surface area contributed by atoms with Gasteiger partial charge in [-0.25, -0.2) is 0 Å². The van der Waals surface area contributed by atoms with E-state index in [1.807, 2.05) is 37.3 Å². The summed E-state index contributed by atoms with van der Waals surface area (Å²) in [4.78, 5) is 5.66. The number of nitrogens with zero attached hydrogens (tertiary/aromatic N) is 6. The van der Waals surface area contributed by atoms with Crippen molar-refractivity contribution < 1.29 is 0 Å². The molecular weight excluding hydrogens is 264 g/mol. The van der Waals surface area contributed by atoms with E-state index in [1.165, 1.54) is 4.80 Å². The van der Waals surface area contributed by atoms with Crippen molar-refractivity contribution in [3.63, 3.8) is 0 Å². The summed E-state index contributed by atoms with van der Waals surface area (Å²) < 4.78 is 0. The van der Waals surface area contributed by atoms with E-state index in [0.717, 1.165) is 11.3 Å². The van der Waals surface area contributed by atoms with Gasteiger partial charge in [-0.3, -0.25) is 4.98 Å². The number of pyridine rings is 1. The summed E-state index contributed by atoms with van der Waals surface area (Å²) in [6.45, 7) is 3.66. The Balaban J connectivity index is 2.11. The monoisotopic (exact) mass is 276 g/mol. The summed E-state index contributed by atoms with van der Waals surface area (Å²) in [6.07, 6.45) is 0. The molecule has 0 aliphatic rings. The zero-order valence-corrected chi connectivity index (χ0v) is 11.6. The molecule has 0 spiro atoms. The number of tetrazole rings is 1. The molecule has 6 nitrogen and oxygen atoms in total. The highest BCUT2D eigenvalue weighted by Gasteiger charge is 2.13. The lowest BCUT2D eigenvalue weighted by Gasteiger charge is -2.05. The van der Waals surface area contributed by atoms with Crippen LogP contribution in [-0.4, -0.2) is 25.2 Å². The van der Waals surface area contributed by atoms with Gasteiger partial charge in [-0.2, -0.15) is 5.26 Å². The van der Waals surface area contributed by atoms with Crippen molar-refractivity contribution in [3.05, 3.63) is 53.3 Å². The summed E-state index contributed by atoms with van der Waals surface area (Å²) in [5.41, 5.74) is 3.39. The number of hydrogen-bond donors (Lipinski definition) is 0. The molecule has 0 saturated heterocycles. The van der Waals surface area contributed by atoms with Gasteiger partial charge < -0.3 is 0 Å². The van der Waals surface area contributed by atoms with Gasteiger partial charge in [0.05, 0.1) is 5.69 Å². The topological polar surface area (TPSA) is 80.3 Å². The van der Waals surface area contributed by atoms with E-state index in [1.54, 1.807) is 13.0 Å². The summed E-state index contributed by atoms with van der Waals surface area (Å²) >= 11 is 0. The predicted octanol–water partition coefficient (Wildman–Crippen LogP) is 2.21. The highest BCUT2D eigenvalue weighted by molar-refractivity contribution is 5.55. The van der Waals surface area contributed by atoms with Gasteiger partial charge in [0.25, 0.3) is 0 Å². The molecule has 2 aromatic heterocycles. The Kier molecular flexibility index (Phi) is 3.16. The number of benzene rings is 1. The Morgan fingerprint density at radius 2 is 1.90 bits per heavy atom. The summed E-state index contributed by atoms with van der Waals surface area (Å²) in [6, 6.07) is 13.5. The minimum absolute atomic E-state index is 0.456. The van der Waals surface area contributed by atoms with Gasteiger partial charge >= 0.3 is 0 Å². The summed E-state index contributed by atoms with van der Waals surface area (Å²) in [7, 11) is 0. The van der Waals surface area contributed by atoms with E-state index in [4.69, 9.17) is 0 Å². The molecule has 0 fully saturated rings. The van der Waals surface area contributed by atoms with Gasteiger partial charge in [0.2, 0.25) is 5.82 Å². The molecule has 1 aromatic carbocycles. The van der Waals surface area contributed by atoms with Gasteiger partial charge in [0.15, 0.2) is 0 Å². The molecule has 6 heteroatoms. The predicted molar refractivity (Wildman–Crippen MR) is 76.6 cm³/mol. The second kappa shape index (κ2) is 5.13. The first-order valence-electron chi connectivity index (χ1n) is 6.43. The number of hydrogen-bond acceptors (Lipinski definition) is 5. The van der Waals surface area contributed by atoms with Crippen LogP contribution in [0.3, 0.4) is 0 Å². The Bertz CT molecular complexity index is 829. The molecule has 0 bridgehead atoms. The Morgan fingerprint density at radius 1 is 1.14 bits per heavy atom. The van der Waals surface area contributed by atoms with Crippen molar-refractivity contribution in [2.45, 2.75) is 13.8 Å². The fourth-order valence-corrected chi connectivity index (χ4v) is 2.12. The molecule has 0 aliphatic heterocycles. The molecule has 0 atom stereocenters. The van der Waals surface area contributed by atoms with Crippen LogP contribution in [0.4, 0.5) is 0 Å². The highest BCUT2D eigenvalue weighted by Crippen LogP contribution is 2.18. The van der Waals surface area contributed by atoms with Gasteiger partial charge in [-0.1, -0.05) is 30.3 Å². The van der Waals surface area contributed by atoms with Crippen molar-refractivity contribution in [3.8, 4) is 23.1 Å². The molecule has 2 heterocycles. The van der Waals surface area contributed by atoms with Crippen LogP contribution in [0.1, 0.15) is 17.0 Å². The largest absolute Gasteiger partial charge is 0.257 e. The van der Waals surface area contributed by atoms with Crippen molar-refractivity contribution in [1.82, 2.24) is 25.2 Å². The molecule has 102 valence electrons. The van der Waals surface area contributed by atoms with Gasteiger partial charge in [0, 0.05) is 11.3 Å². The van der Waals surface area contributed by atoms with E-state index >= 15 is 0 Å². The minimum Gasteiger partial charge on any atom is -0.257 e. The van der Waals surface area contributed by atoms with Crippen molar-refractivity contribution in [1.29, 1.82) is 5.26 Å². The Hall–Kier alpha value is -3.07. The van der Waals surface area contributed by atoms with E-state index in [-0.39, 0.29) is 0 Å². The Labute approximate surface area is 121 Å². The van der Waals surface area contributed by atoms with Gasteiger partial charge in [-0.05, 0) is 25.1 Å². The summed E-state index contributed by atoms with van der Waals surface area (Å²) in [5.74, 6) is 0.520. The first-order chi connectivity index (χ1) is 10.2. The average Bonchev–Trinajstić information content (AvgIpc) is 2.97. The van der Waals surface area contributed by atoms with Crippen LogP contribution in [0.15, 0.2) is 36.4 Å². The lowest BCUT2D eigenvalue weighted by molar-refractivity contribution is 0.714. The van der Waals surface area contributed by atoms with Crippen LogP contribution in [0, 0.1) is 25.2 Å². The third-order valence-corrected chi connectivity index (χ3v) is 3.08. The Morgan fingerprint density at radius 3 is 2.62 bits per heavy atom. The normalized spacial score (nSPS) is 10.3. The number of rotatable bonds is 2. The minimum atomic E-state index is 0.456. The highest BCUT2D eigenvalue weighted by atomic mass is 15.6. The van der Waals surface area contributed by atoms with Crippen LogP contribution in [-0.2, 0) is 0 Å². The van der Waals surface area contributed by atoms with Crippen LogP contribution in [0.25, 0.3) is 17.1 Å². The fourth-order valence-electron chi connectivity index (χ4n) is 2.12.